The van der Waals surface area contributed by atoms with Crippen LogP contribution in [0.5, 0.6) is 0 Å². The number of methoxy groups -OCH3 is 1. The molecule has 2 amide bonds. The van der Waals surface area contributed by atoms with Crippen molar-refractivity contribution in [1.82, 2.24) is 5.32 Å². The first-order valence-corrected chi connectivity index (χ1v) is 6.82. The largest absolute Gasteiger partial charge is 0.465 e. The molecule has 0 aliphatic rings. The summed E-state index contributed by atoms with van der Waals surface area (Å²) in [5.74, 6) is -4.52. The van der Waals surface area contributed by atoms with Gasteiger partial charge < -0.3 is 15.4 Å². The number of benzene rings is 1. The lowest BCUT2D eigenvalue weighted by Crippen LogP contribution is -2.46. The molecule has 1 aromatic rings. The maximum Gasteiger partial charge on any atom is 0.340 e. The minimum Gasteiger partial charge on any atom is -0.465 e. The molecule has 1 aromatic carbocycles. The van der Waals surface area contributed by atoms with Gasteiger partial charge in [0.1, 0.15) is 17.7 Å². The number of amides is 2. The van der Waals surface area contributed by atoms with Crippen LogP contribution in [0.2, 0.25) is 0 Å². The second-order valence-corrected chi connectivity index (χ2v) is 5.21. The molecule has 1 atom stereocenters. The molecule has 0 spiro atoms. The Morgan fingerprint density at radius 1 is 1.13 bits per heavy atom. The highest BCUT2D eigenvalue weighted by Gasteiger charge is 2.25. The summed E-state index contributed by atoms with van der Waals surface area (Å²) < 4.78 is 31.7. The van der Waals surface area contributed by atoms with E-state index in [1.807, 2.05) is 0 Å². The highest BCUT2D eigenvalue weighted by molar-refractivity contribution is 5.98. The molecular formula is C15H18F2N2O4. The SMILES string of the molecule is COC(=O)c1cc(NC(=O)C(NC(C)=O)C(C)C)c(F)cc1F. The zero-order chi connectivity index (χ0) is 17.7. The predicted octanol–water partition coefficient (Wildman–Crippen LogP) is 1.85. The molecule has 0 radical (unpaired) electrons. The summed E-state index contributed by atoms with van der Waals surface area (Å²) in [6.07, 6.45) is 0. The first kappa shape index (κ1) is 18.5. The zero-order valence-electron chi connectivity index (χ0n) is 13.2. The number of ether oxygens (including phenoxy) is 1. The summed E-state index contributed by atoms with van der Waals surface area (Å²) in [6, 6.07) is 0.419. The number of halogens is 2. The van der Waals surface area contributed by atoms with Crippen molar-refractivity contribution in [3.05, 3.63) is 29.3 Å². The number of nitrogens with one attached hydrogen (secondary N) is 2. The first-order chi connectivity index (χ1) is 10.7. The van der Waals surface area contributed by atoms with E-state index in [1.165, 1.54) is 6.92 Å². The molecule has 126 valence electrons. The van der Waals surface area contributed by atoms with Gasteiger partial charge in [-0.05, 0) is 12.0 Å². The molecule has 2 N–H and O–H groups in total. The van der Waals surface area contributed by atoms with E-state index in [-0.39, 0.29) is 11.6 Å². The lowest BCUT2D eigenvalue weighted by Gasteiger charge is -2.21. The molecule has 8 heteroatoms. The van der Waals surface area contributed by atoms with Crippen molar-refractivity contribution in [2.45, 2.75) is 26.8 Å². The van der Waals surface area contributed by atoms with Gasteiger partial charge >= 0.3 is 5.97 Å². The van der Waals surface area contributed by atoms with E-state index in [2.05, 4.69) is 15.4 Å². The molecule has 0 saturated heterocycles. The molecule has 1 unspecified atom stereocenters. The van der Waals surface area contributed by atoms with E-state index in [1.54, 1.807) is 13.8 Å². The van der Waals surface area contributed by atoms with Gasteiger partial charge in [-0.25, -0.2) is 13.6 Å². The van der Waals surface area contributed by atoms with Gasteiger partial charge in [-0.3, -0.25) is 9.59 Å². The van der Waals surface area contributed by atoms with Crippen LogP contribution in [0.4, 0.5) is 14.5 Å². The molecule has 0 saturated carbocycles. The van der Waals surface area contributed by atoms with Crippen LogP contribution in [0.25, 0.3) is 0 Å². The van der Waals surface area contributed by atoms with Gasteiger partial charge in [-0.15, -0.1) is 0 Å². The van der Waals surface area contributed by atoms with Crippen LogP contribution in [-0.2, 0) is 14.3 Å². The lowest BCUT2D eigenvalue weighted by molar-refractivity contribution is -0.126. The van der Waals surface area contributed by atoms with Crippen LogP contribution in [-0.4, -0.2) is 30.9 Å². The fourth-order valence-corrected chi connectivity index (χ4v) is 1.88. The van der Waals surface area contributed by atoms with Gasteiger partial charge in [-0.2, -0.15) is 0 Å². The van der Waals surface area contributed by atoms with E-state index in [0.29, 0.717) is 6.07 Å². The van der Waals surface area contributed by atoms with E-state index >= 15 is 0 Å². The number of rotatable bonds is 5. The second kappa shape index (κ2) is 7.66. The zero-order valence-corrected chi connectivity index (χ0v) is 13.2. The average molecular weight is 328 g/mol. The van der Waals surface area contributed by atoms with Crippen LogP contribution in [0, 0.1) is 17.6 Å². The van der Waals surface area contributed by atoms with Crippen molar-refractivity contribution >= 4 is 23.5 Å². The number of carbonyl (C=O) groups is 3. The third-order valence-corrected chi connectivity index (χ3v) is 3.03. The van der Waals surface area contributed by atoms with Crippen LogP contribution < -0.4 is 10.6 Å². The quantitative estimate of drug-likeness (QED) is 0.808. The number of hydrogen-bond acceptors (Lipinski definition) is 4. The van der Waals surface area contributed by atoms with Crippen molar-refractivity contribution in [1.29, 1.82) is 0 Å². The van der Waals surface area contributed by atoms with E-state index in [9.17, 15) is 23.2 Å². The summed E-state index contributed by atoms with van der Waals surface area (Å²) >= 11 is 0. The Labute approximate surface area is 132 Å². The summed E-state index contributed by atoms with van der Waals surface area (Å²) in [6.45, 7) is 4.64. The number of esters is 1. The molecule has 0 fully saturated rings. The minimum atomic E-state index is -1.10. The molecule has 0 bridgehead atoms. The Balaban J connectivity index is 3.09. The third-order valence-electron chi connectivity index (χ3n) is 3.03. The fourth-order valence-electron chi connectivity index (χ4n) is 1.88. The van der Waals surface area contributed by atoms with Crippen LogP contribution in [0.1, 0.15) is 31.1 Å². The molecule has 0 heterocycles. The monoisotopic (exact) mass is 328 g/mol. The van der Waals surface area contributed by atoms with Crippen LogP contribution >= 0.6 is 0 Å². The van der Waals surface area contributed by atoms with Crippen molar-refractivity contribution in [2.75, 3.05) is 12.4 Å². The second-order valence-electron chi connectivity index (χ2n) is 5.21. The molecule has 0 aromatic heterocycles. The van der Waals surface area contributed by atoms with Gasteiger partial charge in [0, 0.05) is 13.0 Å². The van der Waals surface area contributed by atoms with Gasteiger partial charge in [0.15, 0.2) is 0 Å². The van der Waals surface area contributed by atoms with E-state index in [0.717, 1.165) is 13.2 Å². The Hall–Kier alpha value is -2.51. The Morgan fingerprint density at radius 3 is 2.22 bits per heavy atom. The van der Waals surface area contributed by atoms with E-state index < -0.39 is 41.0 Å². The first-order valence-electron chi connectivity index (χ1n) is 6.82. The number of hydrogen-bond donors (Lipinski definition) is 2. The maximum atomic E-state index is 13.8. The average Bonchev–Trinajstić information content (AvgIpc) is 2.46. The fraction of sp³-hybridized carbons (Fsp3) is 0.400. The van der Waals surface area contributed by atoms with Crippen molar-refractivity contribution in [3.8, 4) is 0 Å². The summed E-state index contributed by atoms with van der Waals surface area (Å²) in [5, 5.41) is 4.68. The molecule has 6 nitrogen and oxygen atoms in total. The summed E-state index contributed by atoms with van der Waals surface area (Å²) in [4.78, 5) is 34.7. The van der Waals surface area contributed by atoms with Gasteiger partial charge in [0.05, 0.1) is 18.4 Å². The normalized spacial score (nSPS) is 11.8. The van der Waals surface area contributed by atoms with Crippen molar-refractivity contribution in [3.63, 3.8) is 0 Å². The standard InChI is InChI=1S/C15H18F2N2O4/c1-7(2)13(18-8(3)20)14(21)19-12-5-9(15(22)23-4)10(16)6-11(12)17/h5-7,13H,1-4H3,(H,18,20)(H,19,21). The van der Waals surface area contributed by atoms with Gasteiger partial charge in [0.2, 0.25) is 11.8 Å². The predicted molar refractivity (Wildman–Crippen MR) is 78.8 cm³/mol. The summed E-state index contributed by atoms with van der Waals surface area (Å²) in [7, 11) is 1.05. The van der Waals surface area contributed by atoms with Crippen LogP contribution in [0.15, 0.2) is 12.1 Å². The third kappa shape index (κ3) is 4.73. The van der Waals surface area contributed by atoms with E-state index in [4.69, 9.17) is 0 Å². The Bertz CT molecular complexity index is 632. The van der Waals surface area contributed by atoms with Gasteiger partial charge in [0.25, 0.3) is 0 Å². The van der Waals surface area contributed by atoms with Gasteiger partial charge in [-0.1, -0.05) is 13.8 Å². The number of carbonyl (C=O) groups excluding carboxylic acids is 3. The molecule has 0 aliphatic heterocycles. The van der Waals surface area contributed by atoms with Crippen molar-refractivity contribution < 1.29 is 27.9 Å². The topological polar surface area (TPSA) is 84.5 Å². The smallest absolute Gasteiger partial charge is 0.340 e. The summed E-state index contributed by atoms with van der Waals surface area (Å²) in [5.41, 5.74) is -0.891. The highest BCUT2D eigenvalue weighted by atomic mass is 19.1. The molecular weight excluding hydrogens is 310 g/mol. The van der Waals surface area contributed by atoms with Crippen molar-refractivity contribution in [2.24, 2.45) is 5.92 Å². The molecule has 1 rings (SSSR count). The minimum absolute atomic E-state index is 0.262. The molecule has 23 heavy (non-hydrogen) atoms. The van der Waals surface area contributed by atoms with Crippen LogP contribution in [0.3, 0.4) is 0 Å². The highest BCUT2D eigenvalue weighted by Crippen LogP contribution is 2.21. The number of anilines is 1. The Morgan fingerprint density at radius 2 is 1.74 bits per heavy atom. The maximum absolute atomic E-state index is 13.8. The molecule has 0 aliphatic carbocycles. The Kier molecular flexibility index (Phi) is 6.18. The lowest BCUT2D eigenvalue weighted by atomic mass is 10.0.